The number of aromatic nitrogens is 4. The zero-order chi connectivity index (χ0) is 21.5. The van der Waals surface area contributed by atoms with Crippen LogP contribution in [0, 0.1) is 0 Å². The first-order valence-corrected chi connectivity index (χ1v) is 10.5. The molecule has 1 fully saturated rings. The van der Waals surface area contributed by atoms with Crippen molar-refractivity contribution in [2.24, 2.45) is 5.14 Å². The van der Waals surface area contributed by atoms with Gasteiger partial charge < -0.3 is 20.3 Å². The molecule has 1 saturated heterocycles. The molecule has 0 saturated carbocycles. The minimum atomic E-state index is -4.23. The molecule has 1 aromatic carbocycles. The molecule has 14 heteroatoms. The molecule has 1 aliphatic heterocycles. The lowest BCUT2D eigenvalue weighted by Crippen LogP contribution is -2.35. The summed E-state index contributed by atoms with van der Waals surface area (Å²) in [5, 5.41) is 29.1. The Morgan fingerprint density at radius 3 is 2.63 bits per heavy atom. The van der Waals surface area contributed by atoms with E-state index < -0.39 is 41.5 Å². The number of halogens is 1. The Balaban J connectivity index is 1.60. The van der Waals surface area contributed by atoms with E-state index in [1.54, 1.807) is 24.3 Å². The summed E-state index contributed by atoms with van der Waals surface area (Å²) in [6, 6.07) is 6.97. The number of aliphatic hydroxyl groups is 2. The quantitative estimate of drug-likeness (QED) is 0.397. The van der Waals surface area contributed by atoms with Gasteiger partial charge in [-0.25, -0.2) is 20.1 Å². The van der Waals surface area contributed by atoms with E-state index in [2.05, 4.69) is 24.5 Å². The smallest absolute Gasteiger partial charge is 0.333 e. The van der Waals surface area contributed by atoms with E-state index in [0.717, 1.165) is 5.69 Å². The number of nitrogens with zero attached hydrogens (tertiary/aromatic N) is 4. The molecule has 4 atom stereocenters. The topological polar surface area (TPSA) is 175 Å². The number of aliphatic hydroxyl groups excluding tert-OH is 2. The third-order valence-electron chi connectivity index (χ3n) is 4.47. The number of ether oxygens (including phenoxy) is 1. The maximum absolute atomic E-state index is 11.0. The second kappa shape index (κ2) is 8.03. The van der Waals surface area contributed by atoms with Gasteiger partial charge in [0.2, 0.25) is 0 Å². The fraction of sp³-hybridized carbons (Fsp3) is 0.312. The van der Waals surface area contributed by atoms with Crippen LogP contribution in [0.25, 0.3) is 11.2 Å². The van der Waals surface area contributed by atoms with Crippen LogP contribution in [0.15, 0.2) is 36.9 Å². The molecular weight excluding hydrogens is 440 g/mol. The SMILES string of the molecule is NS(=O)(=O)OCC1O[C@@H](n2cnc3c(Nc4ccc(Cl)cc4)ncnc32)[C@H](O)C1O. The van der Waals surface area contributed by atoms with Gasteiger partial charge in [0.1, 0.15) is 24.6 Å². The molecule has 4 rings (SSSR count). The van der Waals surface area contributed by atoms with E-state index in [-0.39, 0.29) is 0 Å². The van der Waals surface area contributed by atoms with E-state index in [9.17, 15) is 18.6 Å². The predicted molar refractivity (Wildman–Crippen MR) is 105 cm³/mol. The van der Waals surface area contributed by atoms with Crippen LogP contribution in [0.1, 0.15) is 6.23 Å². The molecule has 0 radical (unpaired) electrons. The summed E-state index contributed by atoms with van der Waals surface area (Å²) < 4.78 is 33.4. The first kappa shape index (κ1) is 20.9. The largest absolute Gasteiger partial charge is 0.387 e. The van der Waals surface area contributed by atoms with Gasteiger partial charge in [0.05, 0.1) is 12.9 Å². The van der Waals surface area contributed by atoms with Gasteiger partial charge in [-0.15, -0.1) is 0 Å². The molecule has 30 heavy (non-hydrogen) atoms. The van der Waals surface area contributed by atoms with Gasteiger partial charge in [0, 0.05) is 10.7 Å². The van der Waals surface area contributed by atoms with Gasteiger partial charge >= 0.3 is 10.3 Å². The Morgan fingerprint density at radius 2 is 1.93 bits per heavy atom. The second-order valence-corrected chi connectivity index (χ2v) is 8.16. The second-order valence-electron chi connectivity index (χ2n) is 6.50. The van der Waals surface area contributed by atoms with Crippen LogP contribution in [0.5, 0.6) is 0 Å². The summed E-state index contributed by atoms with van der Waals surface area (Å²) in [4.78, 5) is 12.6. The lowest BCUT2D eigenvalue weighted by molar-refractivity contribution is -0.0467. The first-order chi connectivity index (χ1) is 14.2. The lowest BCUT2D eigenvalue weighted by atomic mass is 10.1. The van der Waals surface area contributed by atoms with E-state index in [1.165, 1.54) is 17.2 Å². The van der Waals surface area contributed by atoms with Gasteiger partial charge in [-0.2, -0.15) is 8.42 Å². The van der Waals surface area contributed by atoms with Crippen molar-refractivity contribution >= 4 is 44.6 Å². The van der Waals surface area contributed by atoms with Crippen LogP contribution in [-0.2, 0) is 19.2 Å². The van der Waals surface area contributed by atoms with Crippen molar-refractivity contribution in [3.63, 3.8) is 0 Å². The number of benzene rings is 1. The summed E-state index contributed by atoms with van der Waals surface area (Å²) in [5.41, 5.74) is 1.44. The van der Waals surface area contributed by atoms with Gasteiger partial charge in [-0.3, -0.25) is 8.75 Å². The molecule has 0 amide bonds. The first-order valence-electron chi connectivity index (χ1n) is 8.62. The van der Waals surface area contributed by atoms with Crippen LogP contribution in [0.3, 0.4) is 0 Å². The standard InChI is InChI=1S/C16H17ClN6O6S/c17-8-1-3-9(4-2-8)22-14-11-15(20-6-19-14)23(7-21-11)16-13(25)12(24)10(29-16)5-28-30(18,26)27/h1-4,6-7,10,12-13,16,24-25H,5H2,(H2,18,26,27)(H,19,20,22)/t10?,12?,13-,16-/m1/s1. The number of anilines is 2. The maximum atomic E-state index is 11.0. The summed E-state index contributed by atoms with van der Waals surface area (Å²) in [6.07, 6.45) is -2.35. The van der Waals surface area contributed by atoms with E-state index in [4.69, 9.17) is 21.5 Å². The van der Waals surface area contributed by atoms with Crippen LogP contribution in [-0.4, -0.2) is 63.1 Å². The van der Waals surface area contributed by atoms with E-state index >= 15 is 0 Å². The Labute approximate surface area is 175 Å². The number of fused-ring (bicyclic) bond motifs is 1. The highest BCUT2D eigenvalue weighted by Gasteiger charge is 2.45. The highest BCUT2D eigenvalue weighted by atomic mass is 35.5. The lowest BCUT2D eigenvalue weighted by Gasteiger charge is -2.16. The Hall–Kier alpha value is -2.39. The van der Waals surface area contributed by atoms with Crippen molar-refractivity contribution in [3.05, 3.63) is 41.9 Å². The van der Waals surface area contributed by atoms with Crippen LogP contribution in [0.2, 0.25) is 5.02 Å². The molecule has 12 nitrogen and oxygen atoms in total. The van der Waals surface area contributed by atoms with Crippen molar-refractivity contribution in [3.8, 4) is 0 Å². The summed E-state index contributed by atoms with van der Waals surface area (Å²) in [6.45, 7) is -0.557. The van der Waals surface area contributed by atoms with Crippen LogP contribution < -0.4 is 10.5 Å². The van der Waals surface area contributed by atoms with Crippen molar-refractivity contribution in [1.82, 2.24) is 19.5 Å². The van der Waals surface area contributed by atoms with E-state index in [0.29, 0.717) is 22.0 Å². The number of rotatable bonds is 6. The Bertz CT molecular complexity index is 1160. The maximum Gasteiger partial charge on any atom is 0.333 e. The normalized spacial score (nSPS) is 24.4. The molecule has 1 aliphatic rings. The Morgan fingerprint density at radius 1 is 1.20 bits per heavy atom. The molecule has 0 bridgehead atoms. The minimum Gasteiger partial charge on any atom is -0.387 e. The number of hydrogen-bond acceptors (Lipinski definition) is 10. The fourth-order valence-corrected chi connectivity index (χ4v) is 3.51. The zero-order valence-electron chi connectivity index (χ0n) is 15.2. The molecule has 3 aromatic rings. The molecule has 2 unspecified atom stereocenters. The fourth-order valence-electron chi connectivity index (χ4n) is 3.06. The van der Waals surface area contributed by atoms with Crippen LogP contribution >= 0.6 is 11.6 Å². The molecule has 5 N–H and O–H groups in total. The van der Waals surface area contributed by atoms with Crippen molar-refractivity contribution in [1.29, 1.82) is 0 Å². The highest BCUT2D eigenvalue weighted by Crippen LogP contribution is 2.33. The van der Waals surface area contributed by atoms with Crippen molar-refractivity contribution < 1.29 is 27.6 Å². The summed E-state index contributed by atoms with van der Waals surface area (Å²) in [5.74, 6) is 0.406. The number of nitrogens with one attached hydrogen (secondary N) is 1. The van der Waals surface area contributed by atoms with Crippen molar-refractivity contribution in [2.45, 2.75) is 24.5 Å². The summed E-state index contributed by atoms with van der Waals surface area (Å²) >= 11 is 5.89. The zero-order valence-corrected chi connectivity index (χ0v) is 16.7. The number of imidazole rings is 1. The molecule has 160 valence electrons. The molecular formula is C16H17ClN6O6S. The average Bonchev–Trinajstić information content (AvgIpc) is 3.24. The van der Waals surface area contributed by atoms with Gasteiger partial charge in [-0.1, -0.05) is 11.6 Å². The Kier molecular flexibility index (Phi) is 5.59. The van der Waals surface area contributed by atoms with Gasteiger partial charge in [0.15, 0.2) is 23.2 Å². The third kappa shape index (κ3) is 4.22. The number of nitrogens with two attached hydrogens (primary N) is 1. The average molecular weight is 457 g/mol. The molecule has 0 spiro atoms. The molecule has 3 heterocycles. The monoisotopic (exact) mass is 456 g/mol. The van der Waals surface area contributed by atoms with Gasteiger partial charge in [-0.05, 0) is 24.3 Å². The summed E-state index contributed by atoms with van der Waals surface area (Å²) in [7, 11) is -4.23. The van der Waals surface area contributed by atoms with Crippen LogP contribution in [0.4, 0.5) is 11.5 Å². The van der Waals surface area contributed by atoms with Gasteiger partial charge in [0.25, 0.3) is 0 Å². The molecule has 0 aliphatic carbocycles. The molecule has 2 aromatic heterocycles. The number of hydrogen-bond donors (Lipinski definition) is 4. The predicted octanol–water partition coefficient (Wildman–Crippen LogP) is 0.0626. The van der Waals surface area contributed by atoms with E-state index in [1.807, 2.05) is 0 Å². The van der Waals surface area contributed by atoms with Crippen molar-refractivity contribution in [2.75, 3.05) is 11.9 Å². The minimum absolute atomic E-state index is 0.325. The highest BCUT2D eigenvalue weighted by molar-refractivity contribution is 7.84. The third-order valence-corrected chi connectivity index (χ3v) is 5.19.